The predicted molar refractivity (Wildman–Crippen MR) is 111 cm³/mol. The van der Waals surface area contributed by atoms with Crippen molar-refractivity contribution >= 4 is 28.9 Å². The van der Waals surface area contributed by atoms with E-state index in [4.69, 9.17) is 18.2 Å². The topological polar surface area (TPSA) is 36.7 Å². The van der Waals surface area contributed by atoms with Crippen molar-refractivity contribution < 1.29 is 4.79 Å². The summed E-state index contributed by atoms with van der Waals surface area (Å²) in [4.78, 5) is 18.2. The van der Waals surface area contributed by atoms with E-state index >= 15 is 0 Å². The van der Waals surface area contributed by atoms with Crippen LogP contribution in [0, 0.1) is 6.57 Å². The Balaban J connectivity index is 1.66. The summed E-state index contributed by atoms with van der Waals surface area (Å²) in [6, 6.07) is 13.7. The first-order chi connectivity index (χ1) is 12.9. The SMILES string of the molecule is [C-]#[N+]c1ccc(N2C[C@H](NC(=O)c3ccc(C(C)C)cc3)C[C@@H]2C)cc1Cl. The van der Waals surface area contributed by atoms with E-state index in [1.807, 2.05) is 36.4 Å². The fraction of sp³-hybridized carbons (Fsp3) is 0.364. The normalized spacial score (nSPS) is 19.2. The van der Waals surface area contributed by atoms with Crippen molar-refractivity contribution in [2.75, 3.05) is 11.4 Å². The van der Waals surface area contributed by atoms with Gasteiger partial charge in [-0.25, -0.2) is 4.85 Å². The first-order valence-electron chi connectivity index (χ1n) is 9.23. The minimum absolute atomic E-state index is 0.0363. The molecule has 0 spiro atoms. The first-order valence-corrected chi connectivity index (χ1v) is 9.61. The summed E-state index contributed by atoms with van der Waals surface area (Å²) in [7, 11) is 0. The minimum atomic E-state index is -0.0363. The highest BCUT2D eigenvalue weighted by Gasteiger charge is 2.30. The third kappa shape index (κ3) is 4.26. The quantitative estimate of drug-likeness (QED) is 0.718. The Morgan fingerprint density at radius 2 is 1.96 bits per heavy atom. The van der Waals surface area contributed by atoms with Gasteiger partial charge < -0.3 is 10.2 Å². The highest BCUT2D eigenvalue weighted by atomic mass is 35.5. The molecule has 1 aliphatic rings. The lowest BCUT2D eigenvalue weighted by molar-refractivity contribution is 0.0940. The molecule has 1 N–H and O–H groups in total. The second kappa shape index (κ2) is 8.02. The molecule has 140 valence electrons. The average Bonchev–Trinajstić information content (AvgIpc) is 3.01. The number of nitrogens with one attached hydrogen (secondary N) is 1. The van der Waals surface area contributed by atoms with Crippen LogP contribution in [-0.4, -0.2) is 24.5 Å². The number of hydrogen-bond donors (Lipinski definition) is 1. The predicted octanol–water partition coefficient (Wildman–Crippen LogP) is 5.41. The van der Waals surface area contributed by atoms with Gasteiger partial charge in [0.1, 0.15) is 0 Å². The monoisotopic (exact) mass is 381 g/mol. The van der Waals surface area contributed by atoms with Gasteiger partial charge in [-0.1, -0.05) is 43.6 Å². The molecule has 0 unspecified atom stereocenters. The first kappa shape index (κ1) is 19.3. The van der Waals surface area contributed by atoms with Crippen molar-refractivity contribution in [3.63, 3.8) is 0 Å². The summed E-state index contributed by atoms with van der Waals surface area (Å²) in [6.07, 6.45) is 0.873. The van der Waals surface area contributed by atoms with Crippen molar-refractivity contribution in [3.8, 4) is 0 Å². The van der Waals surface area contributed by atoms with Crippen LogP contribution in [0.2, 0.25) is 5.02 Å². The Hall–Kier alpha value is -2.51. The summed E-state index contributed by atoms with van der Waals surface area (Å²) in [6.45, 7) is 14.3. The zero-order valence-electron chi connectivity index (χ0n) is 15.9. The van der Waals surface area contributed by atoms with Crippen LogP contribution in [-0.2, 0) is 0 Å². The molecule has 0 aromatic heterocycles. The Kier molecular flexibility index (Phi) is 5.72. The molecule has 5 heteroatoms. The molecule has 0 aliphatic carbocycles. The molecule has 0 saturated carbocycles. The number of nitrogens with zero attached hydrogens (tertiary/aromatic N) is 2. The Morgan fingerprint density at radius 1 is 1.26 bits per heavy atom. The number of carbonyl (C=O) groups excluding carboxylic acids is 1. The number of hydrogen-bond acceptors (Lipinski definition) is 2. The molecule has 3 rings (SSSR count). The Labute approximate surface area is 166 Å². The Morgan fingerprint density at radius 3 is 2.56 bits per heavy atom. The maximum Gasteiger partial charge on any atom is 0.251 e. The van der Waals surface area contributed by atoms with E-state index in [1.54, 1.807) is 6.07 Å². The summed E-state index contributed by atoms with van der Waals surface area (Å²) in [5, 5.41) is 3.61. The molecule has 1 heterocycles. The van der Waals surface area contributed by atoms with Gasteiger partial charge in [-0.3, -0.25) is 4.79 Å². The van der Waals surface area contributed by atoms with Crippen molar-refractivity contribution in [2.24, 2.45) is 0 Å². The van der Waals surface area contributed by atoms with Crippen LogP contribution in [0.4, 0.5) is 11.4 Å². The van der Waals surface area contributed by atoms with Gasteiger partial charge in [-0.2, -0.15) is 0 Å². The summed E-state index contributed by atoms with van der Waals surface area (Å²) in [5.41, 5.74) is 3.36. The molecule has 2 aromatic rings. The third-order valence-corrected chi connectivity index (χ3v) is 5.44. The standard InChI is InChI=1S/C22H24ClN3O/c1-14(2)16-5-7-17(8-6-16)22(27)25-18-11-15(3)26(13-18)19-9-10-21(24-4)20(23)12-19/h5-10,12,14-15,18H,11,13H2,1-3H3,(H,25,27)/t15-,18+/m0/s1. The fourth-order valence-corrected chi connectivity index (χ4v) is 3.77. The van der Waals surface area contributed by atoms with E-state index in [0.29, 0.717) is 22.2 Å². The van der Waals surface area contributed by atoms with E-state index in [-0.39, 0.29) is 18.0 Å². The molecule has 1 fully saturated rings. The largest absolute Gasteiger partial charge is 0.367 e. The molecule has 0 radical (unpaired) electrons. The second-order valence-corrected chi connectivity index (χ2v) is 7.84. The molecular weight excluding hydrogens is 358 g/mol. The fourth-order valence-electron chi connectivity index (χ4n) is 3.55. The molecule has 27 heavy (non-hydrogen) atoms. The van der Waals surface area contributed by atoms with Crippen molar-refractivity contribution in [1.29, 1.82) is 0 Å². The van der Waals surface area contributed by atoms with Crippen LogP contribution in [0.3, 0.4) is 0 Å². The van der Waals surface area contributed by atoms with Crippen LogP contribution >= 0.6 is 11.6 Å². The molecule has 2 aromatic carbocycles. The van der Waals surface area contributed by atoms with Crippen molar-refractivity contribution in [2.45, 2.75) is 45.2 Å². The van der Waals surface area contributed by atoms with Gasteiger partial charge in [0.15, 0.2) is 0 Å². The van der Waals surface area contributed by atoms with E-state index in [2.05, 4.69) is 35.8 Å². The van der Waals surface area contributed by atoms with Gasteiger partial charge in [-0.05, 0) is 49.1 Å². The van der Waals surface area contributed by atoms with Gasteiger partial charge in [0.2, 0.25) is 5.69 Å². The molecule has 4 nitrogen and oxygen atoms in total. The number of halogens is 1. The van der Waals surface area contributed by atoms with E-state index in [9.17, 15) is 4.79 Å². The summed E-state index contributed by atoms with van der Waals surface area (Å²) < 4.78 is 0. The van der Waals surface area contributed by atoms with Crippen LogP contribution in [0.1, 0.15) is 49.0 Å². The summed E-state index contributed by atoms with van der Waals surface area (Å²) >= 11 is 6.18. The van der Waals surface area contributed by atoms with Crippen LogP contribution in [0.25, 0.3) is 4.85 Å². The lowest BCUT2D eigenvalue weighted by Crippen LogP contribution is -2.37. The smallest absolute Gasteiger partial charge is 0.251 e. The van der Waals surface area contributed by atoms with Crippen LogP contribution < -0.4 is 10.2 Å². The molecular formula is C22H24ClN3O. The maximum atomic E-state index is 12.6. The zero-order valence-corrected chi connectivity index (χ0v) is 16.6. The van der Waals surface area contributed by atoms with Crippen LogP contribution in [0.5, 0.6) is 0 Å². The molecule has 2 atom stereocenters. The van der Waals surface area contributed by atoms with Gasteiger partial charge in [-0.15, -0.1) is 0 Å². The lowest BCUT2D eigenvalue weighted by Gasteiger charge is -2.24. The third-order valence-electron chi connectivity index (χ3n) is 5.13. The van der Waals surface area contributed by atoms with Crippen molar-refractivity contribution in [3.05, 3.63) is 70.0 Å². The Bertz CT molecular complexity index is 870. The molecule has 1 amide bonds. The zero-order chi connectivity index (χ0) is 19.6. The molecule has 1 aliphatic heterocycles. The average molecular weight is 382 g/mol. The van der Waals surface area contributed by atoms with Gasteiger partial charge in [0.05, 0.1) is 6.57 Å². The van der Waals surface area contributed by atoms with Gasteiger partial charge in [0.25, 0.3) is 5.91 Å². The van der Waals surface area contributed by atoms with Gasteiger partial charge >= 0.3 is 0 Å². The molecule has 0 bridgehead atoms. The number of benzene rings is 2. The number of rotatable bonds is 4. The highest BCUT2D eigenvalue weighted by molar-refractivity contribution is 6.33. The van der Waals surface area contributed by atoms with E-state index in [0.717, 1.165) is 18.7 Å². The van der Waals surface area contributed by atoms with E-state index in [1.165, 1.54) is 5.56 Å². The lowest BCUT2D eigenvalue weighted by atomic mass is 10.0. The maximum absolute atomic E-state index is 12.6. The number of carbonyl (C=O) groups is 1. The highest BCUT2D eigenvalue weighted by Crippen LogP contribution is 2.33. The molecule has 1 saturated heterocycles. The number of anilines is 1. The van der Waals surface area contributed by atoms with E-state index < -0.39 is 0 Å². The summed E-state index contributed by atoms with van der Waals surface area (Å²) in [5.74, 6) is 0.415. The van der Waals surface area contributed by atoms with Crippen molar-refractivity contribution in [1.82, 2.24) is 5.32 Å². The van der Waals surface area contributed by atoms with Gasteiger partial charge in [0, 0.05) is 34.9 Å². The second-order valence-electron chi connectivity index (χ2n) is 7.43. The number of amides is 1. The van der Waals surface area contributed by atoms with Crippen LogP contribution in [0.15, 0.2) is 42.5 Å². The minimum Gasteiger partial charge on any atom is -0.367 e.